The molecular weight excluding hydrogens is 305 g/mol. The van der Waals surface area contributed by atoms with Crippen molar-refractivity contribution in [3.63, 3.8) is 0 Å². The van der Waals surface area contributed by atoms with E-state index in [-0.39, 0.29) is 24.8 Å². The summed E-state index contributed by atoms with van der Waals surface area (Å²) in [5.41, 5.74) is 6.26. The summed E-state index contributed by atoms with van der Waals surface area (Å²) in [6, 6.07) is 8.82. The lowest BCUT2D eigenvalue weighted by Gasteiger charge is -2.10. The molecule has 0 aliphatic rings. The van der Waals surface area contributed by atoms with Crippen LogP contribution in [0.1, 0.15) is 17.0 Å². The largest absolute Gasteiger partial charge is 0.309 e. The van der Waals surface area contributed by atoms with Crippen LogP contribution in [0.4, 0.5) is 0 Å². The van der Waals surface area contributed by atoms with E-state index < -0.39 is 0 Å². The minimum absolute atomic E-state index is 0. The van der Waals surface area contributed by atoms with Crippen molar-refractivity contribution in [1.29, 1.82) is 0 Å². The molecule has 0 fully saturated rings. The van der Waals surface area contributed by atoms with Gasteiger partial charge in [0.2, 0.25) is 0 Å². The Morgan fingerprint density at radius 1 is 1.14 bits per heavy atom. The maximum Gasteiger partial charge on any atom is 0.0674 e. The van der Waals surface area contributed by atoms with Crippen LogP contribution < -0.4 is 0 Å². The van der Waals surface area contributed by atoms with Gasteiger partial charge in [0, 0.05) is 24.8 Å². The van der Waals surface area contributed by atoms with Crippen LogP contribution in [-0.4, -0.2) is 35.3 Å². The van der Waals surface area contributed by atoms with Gasteiger partial charge in [-0.05, 0) is 45.5 Å². The van der Waals surface area contributed by atoms with Crippen molar-refractivity contribution < 1.29 is 0 Å². The van der Waals surface area contributed by atoms with Crippen LogP contribution in [0.15, 0.2) is 24.3 Å². The van der Waals surface area contributed by atoms with Gasteiger partial charge in [-0.3, -0.25) is 4.68 Å². The van der Waals surface area contributed by atoms with Crippen LogP contribution >= 0.6 is 24.8 Å². The van der Waals surface area contributed by atoms with E-state index in [0.717, 1.165) is 18.7 Å². The maximum atomic E-state index is 4.50. The maximum absolute atomic E-state index is 4.50. The van der Waals surface area contributed by atoms with E-state index in [1.54, 1.807) is 0 Å². The van der Waals surface area contributed by atoms with Crippen LogP contribution in [0.2, 0.25) is 0 Å². The summed E-state index contributed by atoms with van der Waals surface area (Å²) >= 11 is 0. The molecular formula is C16H25Cl2N3. The molecule has 0 N–H and O–H groups in total. The number of benzene rings is 1. The Balaban J connectivity index is 0.00000200. The van der Waals surface area contributed by atoms with Gasteiger partial charge >= 0.3 is 0 Å². The van der Waals surface area contributed by atoms with Gasteiger partial charge < -0.3 is 4.90 Å². The Bertz CT molecular complexity index is 577. The van der Waals surface area contributed by atoms with Crippen molar-refractivity contribution in [3.8, 4) is 11.1 Å². The topological polar surface area (TPSA) is 21.1 Å². The highest BCUT2D eigenvalue weighted by Gasteiger charge is 2.11. The zero-order valence-electron chi connectivity index (χ0n) is 13.4. The summed E-state index contributed by atoms with van der Waals surface area (Å²) < 4.78 is 1.96. The first-order chi connectivity index (χ1) is 8.99. The van der Waals surface area contributed by atoms with Crippen LogP contribution in [0.25, 0.3) is 11.1 Å². The van der Waals surface area contributed by atoms with Crippen molar-refractivity contribution in [3.05, 3.63) is 41.2 Å². The number of aromatic nitrogens is 2. The van der Waals surface area contributed by atoms with Crippen LogP contribution in [0.3, 0.4) is 0 Å². The number of aryl methyl sites for hydroxylation is 2. The molecule has 0 aliphatic carbocycles. The van der Waals surface area contributed by atoms with Crippen molar-refractivity contribution >= 4 is 24.8 Å². The van der Waals surface area contributed by atoms with Gasteiger partial charge in [0.25, 0.3) is 0 Å². The molecule has 0 unspecified atom stereocenters. The molecule has 5 heteroatoms. The lowest BCUT2D eigenvalue weighted by Crippen LogP contribution is -2.15. The zero-order valence-corrected chi connectivity index (χ0v) is 15.0. The second-order valence-electron chi connectivity index (χ2n) is 5.42. The average molecular weight is 330 g/mol. The highest BCUT2D eigenvalue weighted by molar-refractivity contribution is 5.85. The molecule has 0 saturated heterocycles. The van der Waals surface area contributed by atoms with E-state index in [1.165, 1.54) is 22.4 Å². The Hall–Kier alpha value is -1.03. The van der Waals surface area contributed by atoms with Crippen molar-refractivity contribution in [1.82, 2.24) is 14.7 Å². The van der Waals surface area contributed by atoms with E-state index in [0.29, 0.717) is 0 Å². The first-order valence-electron chi connectivity index (χ1n) is 6.73. The highest BCUT2D eigenvalue weighted by atomic mass is 35.5. The molecule has 2 rings (SSSR count). The van der Waals surface area contributed by atoms with Crippen LogP contribution in [0.5, 0.6) is 0 Å². The summed E-state index contributed by atoms with van der Waals surface area (Å²) in [6.45, 7) is 5.28. The van der Waals surface area contributed by atoms with Gasteiger partial charge in [-0.1, -0.05) is 24.3 Å². The van der Waals surface area contributed by atoms with Crippen LogP contribution in [0, 0.1) is 13.8 Å². The molecule has 0 saturated carbocycles. The summed E-state index contributed by atoms with van der Waals surface area (Å²) in [7, 11) is 6.22. The average Bonchev–Trinajstić information content (AvgIpc) is 2.61. The molecule has 0 aliphatic heterocycles. The Morgan fingerprint density at radius 2 is 1.81 bits per heavy atom. The molecule has 3 nitrogen and oxygen atoms in total. The molecule has 0 bridgehead atoms. The van der Waals surface area contributed by atoms with E-state index in [4.69, 9.17) is 0 Å². The molecule has 1 aromatic heterocycles. The lowest BCUT2D eigenvalue weighted by atomic mass is 10.0. The van der Waals surface area contributed by atoms with Gasteiger partial charge in [-0.25, -0.2) is 0 Å². The first kappa shape index (κ1) is 20.0. The number of likely N-dealkylation sites (N-methyl/N-ethyl adjacent to an activating group) is 1. The number of hydrogen-bond acceptors (Lipinski definition) is 2. The smallest absolute Gasteiger partial charge is 0.0674 e. The Kier molecular flexibility index (Phi) is 8.01. The van der Waals surface area contributed by atoms with Gasteiger partial charge in [0.15, 0.2) is 0 Å². The second kappa shape index (κ2) is 8.42. The van der Waals surface area contributed by atoms with E-state index in [2.05, 4.69) is 62.2 Å². The molecule has 1 aromatic carbocycles. The van der Waals surface area contributed by atoms with Gasteiger partial charge in [-0.2, -0.15) is 5.10 Å². The Labute approximate surface area is 140 Å². The van der Waals surface area contributed by atoms with E-state index in [9.17, 15) is 0 Å². The number of hydrogen-bond donors (Lipinski definition) is 0. The van der Waals surface area contributed by atoms with Gasteiger partial charge in [-0.15, -0.1) is 24.8 Å². The predicted molar refractivity (Wildman–Crippen MR) is 94.9 cm³/mol. The number of halogens is 2. The summed E-state index contributed by atoms with van der Waals surface area (Å²) in [5.74, 6) is 0. The Morgan fingerprint density at radius 3 is 2.33 bits per heavy atom. The zero-order chi connectivity index (χ0) is 14.0. The summed E-state index contributed by atoms with van der Waals surface area (Å²) in [6.07, 6.45) is 1.08. The lowest BCUT2D eigenvalue weighted by molar-refractivity contribution is 0.413. The quantitative estimate of drug-likeness (QED) is 0.853. The second-order valence-corrected chi connectivity index (χ2v) is 5.42. The summed E-state index contributed by atoms with van der Waals surface area (Å²) in [5, 5.41) is 4.50. The predicted octanol–water partition coefficient (Wildman–Crippen LogP) is 3.65. The molecule has 118 valence electrons. The van der Waals surface area contributed by atoms with E-state index >= 15 is 0 Å². The minimum atomic E-state index is 0. The van der Waals surface area contributed by atoms with Crippen molar-refractivity contribution in [2.45, 2.75) is 20.3 Å². The molecule has 0 atom stereocenters. The fourth-order valence-electron chi connectivity index (χ4n) is 2.43. The number of nitrogens with zero attached hydrogens (tertiary/aromatic N) is 3. The number of rotatable bonds is 4. The molecule has 0 radical (unpaired) electrons. The molecule has 2 aromatic rings. The molecule has 21 heavy (non-hydrogen) atoms. The van der Waals surface area contributed by atoms with Crippen molar-refractivity contribution in [2.75, 3.05) is 20.6 Å². The summed E-state index contributed by atoms with van der Waals surface area (Å²) in [4.78, 5) is 2.22. The third-order valence-corrected chi connectivity index (χ3v) is 3.57. The third kappa shape index (κ3) is 4.73. The first-order valence-corrected chi connectivity index (χ1v) is 6.73. The standard InChI is InChI=1S/C16H23N3.2ClH/c1-12-16(13(2)19(5)17-12)15-8-6-7-14(11-15)9-10-18(3)4;;/h6-8,11H,9-10H2,1-5H3;2*1H. The molecule has 0 amide bonds. The highest BCUT2D eigenvalue weighted by Crippen LogP contribution is 2.27. The minimum Gasteiger partial charge on any atom is -0.309 e. The fraction of sp³-hybridized carbons (Fsp3) is 0.438. The monoisotopic (exact) mass is 329 g/mol. The molecule has 1 heterocycles. The van der Waals surface area contributed by atoms with Crippen LogP contribution in [-0.2, 0) is 13.5 Å². The van der Waals surface area contributed by atoms with Crippen molar-refractivity contribution in [2.24, 2.45) is 7.05 Å². The fourth-order valence-corrected chi connectivity index (χ4v) is 2.43. The normalized spacial score (nSPS) is 10.2. The van der Waals surface area contributed by atoms with Gasteiger partial charge in [0.1, 0.15) is 0 Å². The van der Waals surface area contributed by atoms with Gasteiger partial charge in [0.05, 0.1) is 5.69 Å². The van der Waals surface area contributed by atoms with E-state index in [1.807, 2.05) is 11.7 Å². The SMILES string of the molecule is Cc1nn(C)c(C)c1-c1cccc(CCN(C)C)c1.Cl.Cl. The molecule has 0 spiro atoms. The third-order valence-electron chi connectivity index (χ3n) is 3.57.